The summed E-state index contributed by atoms with van der Waals surface area (Å²) < 4.78 is 35.8. The monoisotopic (exact) mass is 311 g/mol. The van der Waals surface area contributed by atoms with Crippen molar-refractivity contribution in [2.75, 3.05) is 0 Å². The molecule has 1 rings (SSSR count). The fourth-order valence-corrected chi connectivity index (χ4v) is 0.429. The van der Waals surface area contributed by atoms with E-state index in [0.29, 0.717) is 0 Å². The zero-order valence-corrected chi connectivity index (χ0v) is 8.38. The van der Waals surface area contributed by atoms with Crippen LogP contribution < -0.4 is 0 Å². The van der Waals surface area contributed by atoms with Gasteiger partial charge in [-0.2, -0.15) is 6.07 Å². The summed E-state index contributed by atoms with van der Waals surface area (Å²) in [5.74, 6) is -3.95. The van der Waals surface area contributed by atoms with Crippen LogP contribution in [0.1, 0.15) is 0 Å². The molecule has 0 atom stereocenters. The van der Waals surface area contributed by atoms with Crippen molar-refractivity contribution in [1.29, 1.82) is 0 Å². The van der Waals surface area contributed by atoms with Gasteiger partial charge in [-0.15, -0.1) is 12.1 Å². The third kappa shape index (κ3) is 1.94. The van der Waals surface area contributed by atoms with Gasteiger partial charge in [-0.25, -0.2) is 8.78 Å². The van der Waals surface area contributed by atoms with Gasteiger partial charge < -0.3 is 0 Å². The van der Waals surface area contributed by atoms with E-state index in [1.807, 2.05) is 6.07 Å². The van der Waals surface area contributed by atoms with Gasteiger partial charge in [0.25, 0.3) is 0 Å². The Bertz CT molecular complexity index is 204. The third-order valence-electron chi connectivity index (χ3n) is 0.842. The first-order valence-electron chi connectivity index (χ1n) is 2.23. The van der Waals surface area contributed by atoms with Gasteiger partial charge in [0.05, 0.1) is 11.6 Å². The minimum atomic E-state index is -1.47. The Hall–Kier alpha value is -0.120. The van der Waals surface area contributed by atoms with Crippen molar-refractivity contribution in [1.82, 2.24) is 0 Å². The maximum Gasteiger partial charge on any atom is 0.0781 e. The fraction of sp³-hybridized carbons (Fsp3) is 0. The van der Waals surface area contributed by atoms with Crippen LogP contribution >= 0.6 is 0 Å². The summed E-state index contributed by atoms with van der Waals surface area (Å²) in [6, 6.07) is 3.64. The standard InChI is InChI=1S/C6H2F3.Hf/c7-4-2-1-3-5(8)6(4)9;/h1-2H;/q-1;. The minimum Gasteiger partial charge on any atom is -0.278 e. The molecule has 0 spiro atoms. The van der Waals surface area contributed by atoms with E-state index in [0.717, 1.165) is 12.1 Å². The second-order valence-corrected chi connectivity index (χ2v) is 1.45. The Morgan fingerprint density at radius 2 is 1.80 bits per heavy atom. The molecule has 0 nitrogen and oxygen atoms in total. The maximum atomic E-state index is 11.9. The van der Waals surface area contributed by atoms with Gasteiger partial charge in [0.15, 0.2) is 0 Å². The molecule has 52 valence electrons. The molecule has 1 aromatic carbocycles. The number of hydrogen-bond donors (Lipinski definition) is 0. The molecule has 10 heavy (non-hydrogen) atoms. The molecule has 0 aliphatic carbocycles. The quantitative estimate of drug-likeness (QED) is 0.390. The van der Waals surface area contributed by atoms with Crippen LogP contribution in [0.5, 0.6) is 0 Å². The molecule has 0 saturated heterocycles. The SMILES string of the molecule is Fc1[c-]ccc(F)c1F.[Hf]. The molecule has 0 radical (unpaired) electrons. The molecule has 0 aromatic heterocycles. The van der Waals surface area contributed by atoms with E-state index < -0.39 is 17.5 Å². The van der Waals surface area contributed by atoms with E-state index in [1.54, 1.807) is 0 Å². The maximum absolute atomic E-state index is 11.9. The van der Waals surface area contributed by atoms with Gasteiger partial charge in [-0.05, 0) is 0 Å². The van der Waals surface area contributed by atoms with Crippen LogP contribution in [0, 0.1) is 23.5 Å². The molecular formula is C6H2F3Hf-. The average molecular weight is 310 g/mol. The number of rotatable bonds is 0. The van der Waals surface area contributed by atoms with Crippen LogP contribution in [0.3, 0.4) is 0 Å². The van der Waals surface area contributed by atoms with Gasteiger partial charge in [0, 0.05) is 31.7 Å². The first-order valence-corrected chi connectivity index (χ1v) is 2.23. The molecule has 1 aromatic rings. The molecule has 0 saturated carbocycles. The topological polar surface area (TPSA) is 0 Å². The Morgan fingerprint density at radius 3 is 2.20 bits per heavy atom. The largest absolute Gasteiger partial charge is 0.278 e. The first-order chi connectivity index (χ1) is 4.22. The predicted octanol–water partition coefficient (Wildman–Crippen LogP) is 1.90. The van der Waals surface area contributed by atoms with Crippen molar-refractivity contribution in [3.8, 4) is 0 Å². The fourth-order valence-electron chi connectivity index (χ4n) is 0.429. The van der Waals surface area contributed by atoms with E-state index in [4.69, 9.17) is 0 Å². The summed E-state index contributed by atoms with van der Waals surface area (Å²) in [4.78, 5) is 0. The molecule has 0 aliphatic rings. The van der Waals surface area contributed by atoms with Crippen LogP contribution in [0.15, 0.2) is 12.1 Å². The molecule has 0 unspecified atom stereocenters. The van der Waals surface area contributed by atoms with Crippen LogP contribution in [-0.2, 0) is 25.8 Å². The molecule has 0 heterocycles. The van der Waals surface area contributed by atoms with Gasteiger partial charge in [-0.1, -0.05) is 0 Å². The zero-order chi connectivity index (χ0) is 6.85. The molecule has 0 N–H and O–H groups in total. The van der Waals surface area contributed by atoms with E-state index in [9.17, 15) is 13.2 Å². The molecular weight excluding hydrogens is 308 g/mol. The second kappa shape index (κ2) is 3.91. The van der Waals surface area contributed by atoms with Crippen molar-refractivity contribution in [2.45, 2.75) is 0 Å². The zero-order valence-electron chi connectivity index (χ0n) is 4.79. The predicted molar refractivity (Wildman–Crippen MR) is 25.2 cm³/mol. The van der Waals surface area contributed by atoms with Crippen molar-refractivity contribution in [3.63, 3.8) is 0 Å². The second-order valence-electron chi connectivity index (χ2n) is 1.45. The molecule has 0 amide bonds. The van der Waals surface area contributed by atoms with Crippen molar-refractivity contribution >= 4 is 0 Å². The Kier molecular flexibility index (Phi) is 3.86. The minimum absolute atomic E-state index is 0. The van der Waals surface area contributed by atoms with Crippen molar-refractivity contribution in [3.05, 3.63) is 35.7 Å². The Morgan fingerprint density at radius 1 is 1.20 bits per heavy atom. The number of halogens is 3. The summed E-state index contributed by atoms with van der Waals surface area (Å²) in [6.07, 6.45) is 0. The van der Waals surface area contributed by atoms with Crippen molar-refractivity contribution in [2.24, 2.45) is 0 Å². The van der Waals surface area contributed by atoms with Crippen LogP contribution in [0.4, 0.5) is 13.2 Å². The Labute approximate surface area is 74.8 Å². The number of hydrogen-bond acceptors (Lipinski definition) is 0. The first kappa shape index (κ1) is 9.88. The van der Waals surface area contributed by atoms with E-state index in [1.165, 1.54) is 0 Å². The van der Waals surface area contributed by atoms with Gasteiger partial charge in [0.2, 0.25) is 0 Å². The summed E-state index contributed by atoms with van der Waals surface area (Å²) in [7, 11) is 0. The van der Waals surface area contributed by atoms with E-state index >= 15 is 0 Å². The molecule has 0 bridgehead atoms. The van der Waals surface area contributed by atoms with Gasteiger partial charge in [0.1, 0.15) is 0 Å². The normalized spacial score (nSPS) is 8.70. The molecule has 4 heteroatoms. The number of benzene rings is 1. The van der Waals surface area contributed by atoms with Gasteiger partial charge >= 0.3 is 0 Å². The summed E-state index contributed by atoms with van der Waals surface area (Å²) in [6.45, 7) is 0. The molecule has 0 fully saturated rings. The molecule has 0 aliphatic heterocycles. The van der Waals surface area contributed by atoms with Crippen LogP contribution in [0.2, 0.25) is 0 Å². The smallest absolute Gasteiger partial charge is 0.0781 e. The average Bonchev–Trinajstić information content (AvgIpc) is 1.83. The van der Waals surface area contributed by atoms with E-state index in [-0.39, 0.29) is 25.8 Å². The Balaban J connectivity index is 0.000000810. The summed E-state index contributed by atoms with van der Waals surface area (Å²) in [5.41, 5.74) is 0. The van der Waals surface area contributed by atoms with Crippen LogP contribution in [-0.4, -0.2) is 0 Å². The summed E-state index contributed by atoms with van der Waals surface area (Å²) >= 11 is 0. The van der Waals surface area contributed by atoms with Crippen LogP contribution in [0.25, 0.3) is 0 Å². The van der Waals surface area contributed by atoms with Crippen molar-refractivity contribution < 1.29 is 39.0 Å². The third-order valence-corrected chi connectivity index (χ3v) is 0.842. The van der Waals surface area contributed by atoms with E-state index in [2.05, 4.69) is 0 Å². The summed E-state index contributed by atoms with van der Waals surface area (Å²) in [5, 5.41) is 0. The van der Waals surface area contributed by atoms with Gasteiger partial charge in [-0.3, -0.25) is 4.39 Å².